The smallest absolute Gasteiger partial charge is 0.417 e. The molecule has 25 heavy (non-hydrogen) atoms. The van der Waals surface area contributed by atoms with Gasteiger partial charge in [0.25, 0.3) is 0 Å². The molecule has 0 bridgehead atoms. The zero-order valence-electron chi connectivity index (χ0n) is 14.3. The molecule has 140 valence electrons. The minimum Gasteiger partial charge on any atom is -0.444 e. The fourth-order valence-corrected chi connectivity index (χ4v) is 2.87. The van der Waals surface area contributed by atoms with E-state index in [0.29, 0.717) is 13.1 Å². The van der Waals surface area contributed by atoms with Gasteiger partial charge in [-0.3, -0.25) is 0 Å². The number of hydrogen-bond acceptors (Lipinski definition) is 4. The van der Waals surface area contributed by atoms with Crippen molar-refractivity contribution >= 4 is 23.5 Å². The van der Waals surface area contributed by atoms with Crippen LogP contribution in [0.4, 0.5) is 23.8 Å². The number of carbonyl (C=O) groups excluding carboxylic acids is 1. The van der Waals surface area contributed by atoms with Crippen LogP contribution < -0.4 is 10.2 Å². The minimum absolute atomic E-state index is 0.0623. The van der Waals surface area contributed by atoms with Crippen LogP contribution in [0.25, 0.3) is 0 Å². The Morgan fingerprint density at radius 3 is 2.64 bits per heavy atom. The van der Waals surface area contributed by atoms with Gasteiger partial charge in [0.05, 0.1) is 10.6 Å². The van der Waals surface area contributed by atoms with Gasteiger partial charge in [-0.05, 0) is 39.7 Å². The number of amides is 1. The molecule has 0 aromatic carbocycles. The lowest BCUT2D eigenvalue weighted by Gasteiger charge is -2.34. The fourth-order valence-electron chi connectivity index (χ4n) is 2.58. The summed E-state index contributed by atoms with van der Waals surface area (Å²) < 4.78 is 43.3. The molecular formula is C16H21ClF3N3O2. The third-order valence-corrected chi connectivity index (χ3v) is 3.87. The Hall–Kier alpha value is -1.70. The predicted octanol–water partition coefficient (Wildman–Crippen LogP) is 4.25. The van der Waals surface area contributed by atoms with Crippen molar-refractivity contribution in [3.05, 3.63) is 22.8 Å². The Bertz CT molecular complexity index is 632. The number of rotatable bonds is 2. The van der Waals surface area contributed by atoms with Gasteiger partial charge in [-0.1, -0.05) is 11.6 Å². The van der Waals surface area contributed by atoms with E-state index in [1.54, 1.807) is 25.7 Å². The first-order valence-electron chi connectivity index (χ1n) is 7.93. The van der Waals surface area contributed by atoms with E-state index in [1.165, 1.54) is 0 Å². The molecule has 0 saturated carbocycles. The highest BCUT2D eigenvalue weighted by Crippen LogP contribution is 2.34. The number of nitrogens with one attached hydrogen (secondary N) is 1. The Labute approximate surface area is 149 Å². The molecule has 1 N–H and O–H groups in total. The number of carbonyl (C=O) groups is 1. The van der Waals surface area contributed by atoms with E-state index in [1.807, 2.05) is 0 Å². The summed E-state index contributed by atoms with van der Waals surface area (Å²) in [7, 11) is 0. The number of halogens is 4. The standard InChI is InChI=1S/C16H21ClF3N3O2/c1-15(2,3)25-14(24)22-11-5-4-6-23(9-11)13-12(17)7-10(8-21-13)16(18,19)20/h7-8,11H,4-6,9H2,1-3H3,(H,22,24)/t11-/m0/s1. The maximum atomic E-state index is 12.7. The zero-order chi connectivity index (χ0) is 18.8. The molecule has 5 nitrogen and oxygen atoms in total. The highest BCUT2D eigenvalue weighted by atomic mass is 35.5. The number of aromatic nitrogens is 1. The lowest BCUT2D eigenvalue weighted by atomic mass is 10.1. The second-order valence-corrected chi connectivity index (χ2v) is 7.37. The molecule has 9 heteroatoms. The van der Waals surface area contributed by atoms with Crippen LogP contribution >= 0.6 is 11.6 Å². The van der Waals surface area contributed by atoms with E-state index < -0.39 is 23.4 Å². The maximum absolute atomic E-state index is 12.7. The Morgan fingerprint density at radius 1 is 1.40 bits per heavy atom. The van der Waals surface area contributed by atoms with Crippen LogP contribution in [0.5, 0.6) is 0 Å². The van der Waals surface area contributed by atoms with Crippen LogP contribution in [0.2, 0.25) is 5.02 Å². The number of ether oxygens (including phenoxy) is 1. The zero-order valence-corrected chi connectivity index (χ0v) is 15.0. The van der Waals surface area contributed by atoms with E-state index in [0.717, 1.165) is 25.1 Å². The molecule has 1 saturated heterocycles. The molecule has 0 unspecified atom stereocenters. The summed E-state index contributed by atoms with van der Waals surface area (Å²) in [6.45, 7) is 6.31. The second kappa shape index (κ2) is 7.27. The molecule has 0 aliphatic carbocycles. The van der Waals surface area contributed by atoms with Gasteiger partial charge in [-0.25, -0.2) is 9.78 Å². The van der Waals surface area contributed by atoms with Crippen LogP contribution in [0.15, 0.2) is 12.3 Å². The topological polar surface area (TPSA) is 54.5 Å². The molecule has 1 aromatic heterocycles. The Kier molecular flexibility index (Phi) is 5.71. The summed E-state index contributed by atoms with van der Waals surface area (Å²) in [4.78, 5) is 17.5. The molecule has 1 atom stereocenters. The number of alkyl halides is 3. The van der Waals surface area contributed by atoms with E-state index in [-0.39, 0.29) is 16.9 Å². The highest BCUT2D eigenvalue weighted by Gasteiger charge is 2.32. The lowest BCUT2D eigenvalue weighted by Crippen LogP contribution is -2.49. The van der Waals surface area contributed by atoms with Crippen LogP contribution in [-0.2, 0) is 10.9 Å². The van der Waals surface area contributed by atoms with E-state index in [9.17, 15) is 18.0 Å². The molecular weight excluding hydrogens is 359 g/mol. The van der Waals surface area contributed by atoms with E-state index in [2.05, 4.69) is 10.3 Å². The number of piperidine rings is 1. The molecule has 1 aliphatic heterocycles. The van der Waals surface area contributed by atoms with Crippen LogP contribution in [0.3, 0.4) is 0 Å². The quantitative estimate of drug-likeness (QED) is 0.834. The van der Waals surface area contributed by atoms with Gasteiger partial charge in [0.15, 0.2) is 0 Å². The van der Waals surface area contributed by atoms with Gasteiger partial charge >= 0.3 is 12.3 Å². The van der Waals surface area contributed by atoms with Gasteiger partial charge in [-0.2, -0.15) is 13.2 Å². The van der Waals surface area contributed by atoms with Gasteiger partial charge in [0.1, 0.15) is 11.4 Å². The van der Waals surface area contributed by atoms with Crippen molar-refractivity contribution < 1.29 is 22.7 Å². The SMILES string of the molecule is CC(C)(C)OC(=O)N[C@H]1CCCN(c2ncc(C(F)(F)F)cc2Cl)C1. The summed E-state index contributed by atoms with van der Waals surface area (Å²) in [6, 6.07) is 0.679. The van der Waals surface area contributed by atoms with Gasteiger partial charge in [0, 0.05) is 25.3 Å². The van der Waals surface area contributed by atoms with Crippen molar-refractivity contribution in [2.24, 2.45) is 0 Å². The van der Waals surface area contributed by atoms with Crippen molar-refractivity contribution in [3.8, 4) is 0 Å². The number of hydrogen-bond donors (Lipinski definition) is 1. The average Bonchev–Trinajstić information content (AvgIpc) is 2.44. The molecule has 1 amide bonds. The molecule has 0 spiro atoms. The third-order valence-electron chi connectivity index (χ3n) is 3.59. The monoisotopic (exact) mass is 379 g/mol. The molecule has 1 aromatic rings. The predicted molar refractivity (Wildman–Crippen MR) is 88.9 cm³/mol. The minimum atomic E-state index is -4.49. The largest absolute Gasteiger partial charge is 0.444 e. The number of alkyl carbamates (subject to hydrolysis) is 1. The molecule has 2 rings (SSSR count). The van der Waals surface area contributed by atoms with Crippen LogP contribution in [-0.4, -0.2) is 35.8 Å². The summed E-state index contributed by atoms with van der Waals surface area (Å²) in [6.07, 6.45) is -2.75. The van der Waals surface area contributed by atoms with Crippen LogP contribution in [0, 0.1) is 0 Å². The maximum Gasteiger partial charge on any atom is 0.417 e. The summed E-state index contributed by atoms with van der Waals surface area (Å²) >= 11 is 5.99. The van der Waals surface area contributed by atoms with Crippen molar-refractivity contribution in [2.75, 3.05) is 18.0 Å². The normalized spacial score (nSPS) is 18.8. The lowest BCUT2D eigenvalue weighted by molar-refractivity contribution is -0.137. The molecule has 2 heterocycles. The Morgan fingerprint density at radius 2 is 2.08 bits per heavy atom. The number of pyridine rings is 1. The summed E-state index contributed by atoms with van der Waals surface area (Å²) in [5, 5.41) is 2.71. The number of nitrogens with zero attached hydrogens (tertiary/aromatic N) is 2. The molecule has 0 radical (unpaired) electrons. The average molecular weight is 380 g/mol. The Balaban J connectivity index is 2.05. The first-order chi connectivity index (χ1) is 11.5. The van der Waals surface area contributed by atoms with Crippen molar-refractivity contribution in [3.63, 3.8) is 0 Å². The number of anilines is 1. The van der Waals surface area contributed by atoms with Crippen molar-refractivity contribution in [2.45, 2.75) is 51.4 Å². The van der Waals surface area contributed by atoms with Gasteiger partial charge in [0.2, 0.25) is 0 Å². The first-order valence-corrected chi connectivity index (χ1v) is 8.31. The second-order valence-electron chi connectivity index (χ2n) is 6.96. The third kappa shape index (κ3) is 5.66. The first kappa shape index (κ1) is 19.6. The fraction of sp³-hybridized carbons (Fsp3) is 0.625. The van der Waals surface area contributed by atoms with Crippen LogP contribution in [0.1, 0.15) is 39.2 Å². The highest BCUT2D eigenvalue weighted by molar-refractivity contribution is 6.33. The van der Waals surface area contributed by atoms with Gasteiger partial charge < -0.3 is 15.0 Å². The van der Waals surface area contributed by atoms with E-state index >= 15 is 0 Å². The summed E-state index contributed by atoms with van der Waals surface area (Å²) in [5.74, 6) is 0.283. The summed E-state index contributed by atoms with van der Waals surface area (Å²) in [5.41, 5.74) is -1.49. The van der Waals surface area contributed by atoms with Crippen molar-refractivity contribution in [1.29, 1.82) is 0 Å². The molecule has 1 fully saturated rings. The molecule has 1 aliphatic rings. The van der Waals surface area contributed by atoms with Crippen molar-refractivity contribution in [1.82, 2.24) is 10.3 Å². The van der Waals surface area contributed by atoms with Gasteiger partial charge in [-0.15, -0.1) is 0 Å². The van der Waals surface area contributed by atoms with E-state index in [4.69, 9.17) is 16.3 Å².